The van der Waals surface area contributed by atoms with Gasteiger partial charge in [-0.3, -0.25) is 0 Å². The van der Waals surface area contributed by atoms with Gasteiger partial charge in [0.25, 0.3) is 0 Å². The fraction of sp³-hybridized carbons (Fsp3) is 0.833. The smallest absolute Gasteiger partial charge is 0.406 e. The molecule has 0 aliphatic heterocycles. The van der Waals surface area contributed by atoms with Crippen LogP contribution in [0.5, 0.6) is 0 Å². The number of hydrogen-bond acceptors (Lipinski definition) is 2. The van der Waals surface area contributed by atoms with Crippen LogP contribution in [-0.2, 0) is 0 Å². The zero-order valence-corrected chi connectivity index (χ0v) is 6.75. The van der Waals surface area contributed by atoms with Gasteiger partial charge in [0.2, 0.25) is 5.96 Å². The predicted molar refractivity (Wildman–Crippen MR) is 39.2 cm³/mol. The molecule has 13 heavy (non-hydrogen) atoms. The third-order valence-corrected chi connectivity index (χ3v) is 1.73. The van der Waals surface area contributed by atoms with Crippen LogP contribution in [0.25, 0.3) is 0 Å². The molecule has 0 aromatic rings. The van der Waals surface area contributed by atoms with Crippen molar-refractivity contribution in [1.82, 2.24) is 4.90 Å². The van der Waals surface area contributed by atoms with Gasteiger partial charge in [-0.1, -0.05) is 5.16 Å². The Labute approximate surface area is 72.8 Å². The van der Waals surface area contributed by atoms with Crippen molar-refractivity contribution >= 4 is 5.96 Å². The topological polar surface area (TPSA) is 61.9 Å². The number of oxime groups is 1. The average molecular weight is 197 g/mol. The summed E-state index contributed by atoms with van der Waals surface area (Å²) in [5.41, 5.74) is 5.09. The number of hydrogen-bond donors (Lipinski definition) is 2. The van der Waals surface area contributed by atoms with Crippen molar-refractivity contribution < 1.29 is 18.4 Å². The molecule has 0 aromatic heterocycles. The highest BCUT2D eigenvalue weighted by molar-refractivity contribution is 5.78. The van der Waals surface area contributed by atoms with E-state index >= 15 is 0 Å². The second-order valence-corrected chi connectivity index (χ2v) is 2.93. The van der Waals surface area contributed by atoms with Crippen molar-refractivity contribution in [2.45, 2.75) is 25.1 Å². The summed E-state index contributed by atoms with van der Waals surface area (Å²) in [6.45, 7) is -1.16. The van der Waals surface area contributed by atoms with E-state index < -0.39 is 18.7 Å². The molecule has 1 fully saturated rings. The number of nitrogens with zero attached hydrogens (tertiary/aromatic N) is 2. The molecule has 0 saturated heterocycles. The fourth-order valence-corrected chi connectivity index (χ4v) is 1.03. The van der Waals surface area contributed by atoms with Gasteiger partial charge in [0.1, 0.15) is 6.54 Å². The Morgan fingerprint density at radius 3 is 2.38 bits per heavy atom. The highest BCUT2D eigenvalue weighted by atomic mass is 19.4. The Morgan fingerprint density at radius 2 is 2.08 bits per heavy atom. The van der Waals surface area contributed by atoms with Gasteiger partial charge >= 0.3 is 6.18 Å². The first-order valence-corrected chi connectivity index (χ1v) is 3.75. The summed E-state index contributed by atoms with van der Waals surface area (Å²) in [6.07, 6.45) is -3.00. The lowest BCUT2D eigenvalue weighted by Crippen LogP contribution is -2.44. The molecule has 0 amide bonds. The third-order valence-electron chi connectivity index (χ3n) is 1.73. The molecule has 7 heteroatoms. The van der Waals surface area contributed by atoms with E-state index in [9.17, 15) is 13.2 Å². The van der Waals surface area contributed by atoms with Crippen LogP contribution < -0.4 is 5.73 Å². The largest absolute Gasteiger partial charge is 0.408 e. The van der Waals surface area contributed by atoms with Gasteiger partial charge in [-0.05, 0) is 12.8 Å². The average Bonchev–Trinajstić information content (AvgIpc) is 2.79. The molecule has 0 bridgehead atoms. The second kappa shape index (κ2) is 3.31. The molecule has 0 radical (unpaired) electrons. The molecule has 1 saturated carbocycles. The summed E-state index contributed by atoms with van der Waals surface area (Å²) in [7, 11) is 0. The summed E-state index contributed by atoms with van der Waals surface area (Å²) in [5, 5.41) is 10.8. The minimum Gasteiger partial charge on any atom is -0.408 e. The number of rotatable bonds is 2. The first-order chi connectivity index (χ1) is 5.94. The Hall–Kier alpha value is -1.14. The van der Waals surface area contributed by atoms with E-state index in [1.807, 2.05) is 0 Å². The highest BCUT2D eigenvalue weighted by Crippen LogP contribution is 2.29. The number of halogens is 3. The first-order valence-electron chi connectivity index (χ1n) is 3.75. The SMILES string of the molecule is NC(=NO)N(CC(F)(F)F)C1CC1. The molecule has 1 aliphatic carbocycles. The van der Waals surface area contributed by atoms with Crippen LogP contribution in [0.3, 0.4) is 0 Å². The number of guanidine groups is 1. The third kappa shape index (κ3) is 3.00. The lowest BCUT2D eigenvalue weighted by molar-refractivity contribution is -0.139. The lowest BCUT2D eigenvalue weighted by Gasteiger charge is -2.23. The Kier molecular flexibility index (Phi) is 2.53. The molecule has 1 aliphatic rings. The molecule has 1 rings (SSSR count). The van der Waals surface area contributed by atoms with E-state index in [0.29, 0.717) is 12.8 Å². The van der Waals surface area contributed by atoms with Gasteiger partial charge in [-0.15, -0.1) is 0 Å². The number of nitrogens with two attached hydrogens (primary N) is 1. The summed E-state index contributed by atoms with van der Waals surface area (Å²) in [4.78, 5) is 0.861. The Morgan fingerprint density at radius 1 is 1.54 bits per heavy atom. The van der Waals surface area contributed by atoms with Gasteiger partial charge in [-0.25, -0.2) is 0 Å². The maximum Gasteiger partial charge on any atom is 0.406 e. The first kappa shape index (κ1) is 9.94. The van der Waals surface area contributed by atoms with Crippen LogP contribution in [0.15, 0.2) is 5.16 Å². The van der Waals surface area contributed by atoms with Crippen LogP contribution >= 0.6 is 0 Å². The normalized spacial score (nSPS) is 18.8. The van der Waals surface area contributed by atoms with Crippen LogP contribution in [-0.4, -0.2) is 34.8 Å². The summed E-state index contributed by atoms with van der Waals surface area (Å²) >= 11 is 0. The maximum atomic E-state index is 12.0. The molecule has 3 N–H and O–H groups in total. The molecular weight excluding hydrogens is 187 g/mol. The van der Waals surface area contributed by atoms with E-state index in [4.69, 9.17) is 10.9 Å². The standard InChI is InChI=1S/C6H10F3N3O/c7-6(8,9)3-12(4-1-2-4)5(10)11-13/h4,13H,1-3H2,(H2,10,11). The van der Waals surface area contributed by atoms with Crippen molar-refractivity contribution in [2.24, 2.45) is 10.9 Å². The van der Waals surface area contributed by atoms with E-state index in [-0.39, 0.29) is 6.04 Å². The van der Waals surface area contributed by atoms with Gasteiger partial charge in [0.05, 0.1) is 0 Å². The molecule has 0 atom stereocenters. The molecule has 0 aromatic carbocycles. The van der Waals surface area contributed by atoms with Crippen LogP contribution in [0.2, 0.25) is 0 Å². The fourth-order valence-electron chi connectivity index (χ4n) is 1.03. The zero-order chi connectivity index (χ0) is 10.1. The van der Waals surface area contributed by atoms with Crippen LogP contribution in [0.1, 0.15) is 12.8 Å². The van der Waals surface area contributed by atoms with E-state index in [2.05, 4.69) is 5.16 Å². The molecule has 0 heterocycles. The van der Waals surface area contributed by atoms with Crippen LogP contribution in [0, 0.1) is 0 Å². The van der Waals surface area contributed by atoms with Gasteiger partial charge < -0.3 is 15.8 Å². The molecule has 0 unspecified atom stereocenters. The van der Waals surface area contributed by atoms with Gasteiger partial charge in [0.15, 0.2) is 0 Å². The van der Waals surface area contributed by atoms with E-state index in [1.165, 1.54) is 0 Å². The maximum absolute atomic E-state index is 12.0. The van der Waals surface area contributed by atoms with Crippen molar-refractivity contribution in [3.05, 3.63) is 0 Å². The van der Waals surface area contributed by atoms with Gasteiger partial charge in [-0.2, -0.15) is 13.2 Å². The molecule has 4 nitrogen and oxygen atoms in total. The minimum atomic E-state index is -4.32. The Bertz CT molecular complexity index is 212. The summed E-state index contributed by atoms with van der Waals surface area (Å²) in [6, 6.07) is -0.225. The lowest BCUT2D eigenvalue weighted by atomic mass is 10.5. The van der Waals surface area contributed by atoms with E-state index in [1.54, 1.807) is 0 Å². The molecule has 76 valence electrons. The van der Waals surface area contributed by atoms with Gasteiger partial charge in [0, 0.05) is 6.04 Å². The summed E-state index contributed by atoms with van der Waals surface area (Å²) < 4.78 is 35.9. The number of alkyl halides is 3. The minimum absolute atomic E-state index is 0.225. The molecular formula is C6H10F3N3O. The van der Waals surface area contributed by atoms with Crippen LogP contribution in [0.4, 0.5) is 13.2 Å². The second-order valence-electron chi connectivity index (χ2n) is 2.93. The van der Waals surface area contributed by atoms with Crippen molar-refractivity contribution in [3.8, 4) is 0 Å². The monoisotopic (exact) mass is 197 g/mol. The van der Waals surface area contributed by atoms with Crippen molar-refractivity contribution in [1.29, 1.82) is 0 Å². The quantitative estimate of drug-likeness (QED) is 0.297. The zero-order valence-electron chi connectivity index (χ0n) is 6.75. The van der Waals surface area contributed by atoms with Crippen molar-refractivity contribution in [3.63, 3.8) is 0 Å². The predicted octanol–water partition coefficient (Wildman–Crippen LogP) is 0.717. The molecule has 0 spiro atoms. The highest BCUT2D eigenvalue weighted by Gasteiger charge is 2.39. The Balaban J connectivity index is 2.58. The van der Waals surface area contributed by atoms with E-state index in [0.717, 1.165) is 4.90 Å². The van der Waals surface area contributed by atoms with Crippen molar-refractivity contribution in [2.75, 3.05) is 6.54 Å². The summed E-state index contributed by atoms with van der Waals surface area (Å²) in [5.74, 6) is -0.472.